The van der Waals surface area contributed by atoms with Crippen LogP contribution in [0, 0.1) is 16.7 Å². The minimum atomic E-state index is -3.38. The number of sulfonamides is 1. The summed E-state index contributed by atoms with van der Waals surface area (Å²) in [6.07, 6.45) is 1.36. The van der Waals surface area contributed by atoms with E-state index in [2.05, 4.69) is 30.0 Å². The predicted molar refractivity (Wildman–Crippen MR) is 79.8 cm³/mol. The molecule has 5 nitrogen and oxygen atoms in total. The van der Waals surface area contributed by atoms with Gasteiger partial charge in [-0.2, -0.15) is 5.26 Å². The van der Waals surface area contributed by atoms with Gasteiger partial charge in [-0.05, 0) is 43.1 Å². The van der Waals surface area contributed by atoms with Gasteiger partial charge >= 0.3 is 0 Å². The molecule has 110 valence electrons. The van der Waals surface area contributed by atoms with E-state index in [4.69, 9.17) is 5.26 Å². The quantitative estimate of drug-likeness (QED) is 0.809. The first-order valence-electron chi connectivity index (χ1n) is 6.45. The lowest BCUT2D eigenvalue weighted by Gasteiger charge is -2.24. The third-order valence-corrected chi connectivity index (χ3v) is 4.55. The van der Waals surface area contributed by atoms with Crippen molar-refractivity contribution in [2.75, 3.05) is 18.9 Å². The normalized spacial score (nSPS) is 11.9. The van der Waals surface area contributed by atoms with E-state index in [0.717, 1.165) is 18.7 Å². The van der Waals surface area contributed by atoms with E-state index < -0.39 is 10.0 Å². The highest BCUT2D eigenvalue weighted by Crippen LogP contribution is 2.23. The molecule has 0 amide bonds. The molecule has 0 saturated carbocycles. The minimum absolute atomic E-state index is 0.0193. The number of nitrogens with zero attached hydrogens (tertiary/aromatic N) is 1. The Bertz CT molecular complexity index is 571. The Balaban J connectivity index is 2.65. The molecule has 0 fully saturated rings. The maximum absolute atomic E-state index is 11.6. The van der Waals surface area contributed by atoms with Gasteiger partial charge in [0.1, 0.15) is 0 Å². The van der Waals surface area contributed by atoms with Crippen molar-refractivity contribution in [1.82, 2.24) is 4.72 Å². The molecule has 0 aliphatic carbocycles. The molecule has 20 heavy (non-hydrogen) atoms. The number of rotatable bonds is 7. The molecule has 0 bridgehead atoms. The van der Waals surface area contributed by atoms with Crippen LogP contribution in [-0.4, -0.2) is 22.0 Å². The number of benzene rings is 1. The van der Waals surface area contributed by atoms with Gasteiger partial charge in [-0.1, -0.05) is 13.8 Å². The van der Waals surface area contributed by atoms with Crippen LogP contribution >= 0.6 is 0 Å². The lowest BCUT2D eigenvalue weighted by molar-refractivity contribution is 0.364. The summed E-state index contributed by atoms with van der Waals surface area (Å²) in [5.41, 5.74) is 0.885. The Morgan fingerprint density at radius 1 is 1.25 bits per heavy atom. The summed E-state index contributed by atoms with van der Waals surface area (Å²) in [6.45, 7) is 4.92. The smallest absolute Gasteiger partial charge is 0.240 e. The van der Waals surface area contributed by atoms with Crippen molar-refractivity contribution in [3.63, 3.8) is 0 Å². The average molecular weight is 295 g/mol. The van der Waals surface area contributed by atoms with Crippen LogP contribution in [0.4, 0.5) is 5.69 Å². The Morgan fingerprint density at radius 3 is 2.35 bits per heavy atom. The molecular formula is C14H21N3O2S. The molecule has 1 rings (SSSR count). The molecular weight excluding hydrogens is 274 g/mol. The van der Waals surface area contributed by atoms with Crippen LogP contribution in [0.5, 0.6) is 0 Å². The van der Waals surface area contributed by atoms with Gasteiger partial charge in [0.15, 0.2) is 0 Å². The van der Waals surface area contributed by atoms with Gasteiger partial charge in [0.25, 0.3) is 0 Å². The molecule has 0 unspecified atom stereocenters. The molecule has 0 spiro atoms. The number of anilines is 1. The van der Waals surface area contributed by atoms with E-state index in [-0.39, 0.29) is 10.3 Å². The summed E-state index contributed by atoms with van der Waals surface area (Å²) in [6, 6.07) is 8.76. The first-order valence-corrected chi connectivity index (χ1v) is 7.93. The zero-order valence-corrected chi connectivity index (χ0v) is 12.9. The maximum Gasteiger partial charge on any atom is 0.240 e. The summed E-state index contributed by atoms with van der Waals surface area (Å²) in [5.74, 6) is 0. The third kappa shape index (κ3) is 4.83. The first kappa shape index (κ1) is 16.5. The van der Waals surface area contributed by atoms with Crippen LogP contribution in [0.3, 0.4) is 0 Å². The second-order valence-electron chi connectivity index (χ2n) is 5.41. The molecule has 0 radical (unpaired) electrons. The van der Waals surface area contributed by atoms with Gasteiger partial charge in [0.05, 0.1) is 11.0 Å². The standard InChI is InChI=1S/C14H21N3O2S/c1-14(2,9-4-10-15)11-17-12-5-7-13(8-6-12)20(18,19)16-3/h5-8,16-17H,4,9,11H2,1-3H3. The largest absolute Gasteiger partial charge is 0.385 e. The Morgan fingerprint density at radius 2 is 1.85 bits per heavy atom. The van der Waals surface area contributed by atoms with Crippen LogP contribution in [0.15, 0.2) is 29.2 Å². The molecule has 0 aliphatic rings. The average Bonchev–Trinajstić information content (AvgIpc) is 2.43. The fraction of sp³-hybridized carbons (Fsp3) is 0.500. The molecule has 0 saturated heterocycles. The fourth-order valence-electron chi connectivity index (χ4n) is 1.69. The zero-order valence-electron chi connectivity index (χ0n) is 12.1. The van der Waals surface area contributed by atoms with Gasteiger partial charge in [-0.25, -0.2) is 13.1 Å². The molecule has 0 aliphatic heterocycles. The van der Waals surface area contributed by atoms with Crippen LogP contribution < -0.4 is 10.0 Å². The minimum Gasteiger partial charge on any atom is -0.385 e. The zero-order chi connectivity index (χ0) is 15.2. The lowest BCUT2D eigenvalue weighted by atomic mass is 9.88. The van der Waals surface area contributed by atoms with Crippen LogP contribution in [-0.2, 0) is 10.0 Å². The summed E-state index contributed by atoms with van der Waals surface area (Å²) < 4.78 is 25.4. The first-order chi connectivity index (χ1) is 9.30. The van der Waals surface area contributed by atoms with E-state index in [1.54, 1.807) is 24.3 Å². The van der Waals surface area contributed by atoms with Gasteiger partial charge in [-0.15, -0.1) is 0 Å². The van der Waals surface area contributed by atoms with E-state index in [1.807, 2.05) is 0 Å². The summed E-state index contributed by atoms with van der Waals surface area (Å²) in [4.78, 5) is 0.245. The van der Waals surface area contributed by atoms with E-state index >= 15 is 0 Å². The SMILES string of the molecule is CNS(=O)(=O)c1ccc(NCC(C)(C)CCC#N)cc1. The molecule has 0 atom stereocenters. The Hall–Kier alpha value is -1.58. The molecule has 1 aromatic rings. The topological polar surface area (TPSA) is 82.0 Å². The van der Waals surface area contributed by atoms with Gasteiger partial charge in [0, 0.05) is 18.7 Å². The predicted octanol–water partition coefficient (Wildman–Crippen LogP) is 2.34. The number of hydrogen-bond donors (Lipinski definition) is 2. The fourth-order valence-corrected chi connectivity index (χ4v) is 2.42. The van der Waals surface area contributed by atoms with Crippen LogP contribution in [0.2, 0.25) is 0 Å². The van der Waals surface area contributed by atoms with Crippen molar-refractivity contribution in [2.45, 2.75) is 31.6 Å². The van der Waals surface area contributed by atoms with E-state index in [0.29, 0.717) is 6.42 Å². The second-order valence-corrected chi connectivity index (χ2v) is 7.29. The molecule has 2 N–H and O–H groups in total. The van der Waals surface area contributed by atoms with Crippen molar-refractivity contribution in [1.29, 1.82) is 5.26 Å². The highest BCUT2D eigenvalue weighted by atomic mass is 32.2. The third-order valence-electron chi connectivity index (χ3n) is 3.12. The van der Waals surface area contributed by atoms with Crippen LogP contribution in [0.1, 0.15) is 26.7 Å². The van der Waals surface area contributed by atoms with E-state index in [9.17, 15) is 8.42 Å². The van der Waals surface area contributed by atoms with Crippen molar-refractivity contribution < 1.29 is 8.42 Å². The molecule has 6 heteroatoms. The molecule has 1 aromatic carbocycles. The van der Waals surface area contributed by atoms with Gasteiger partial charge in [-0.3, -0.25) is 0 Å². The molecule has 0 aromatic heterocycles. The highest BCUT2D eigenvalue weighted by Gasteiger charge is 2.17. The van der Waals surface area contributed by atoms with Crippen molar-refractivity contribution >= 4 is 15.7 Å². The van der Waals surface area contributed by atoms with Gasteiger partial charge < -0.3 is 5.32 Å². The second kappa shape index (κ2) is 6.73. The van der Waals surface area contributed by atoms with Crippen LogP contribution in [0.25, 0.3) is 0 Å². The Kier molecular flexibility index (Phi) is 5.54. The van der Waals surface area contributed by atoms with E-state index in [1.165, 1.54) is 7.05 Å². The highest BCUT2D eigenvalue weighted by molar-refractivity contribution is 7.89. The number of nitriles is 1. The summed E-state index contributed by atoms with van der Waals surface area (Å²) in [7, 11) is -2.00. The van der Waals surface area contributed by atoms with Crippen molar-refractivity contribution in [3.05, 3.63) is 24.3 Å². The number of hydrogen-bond acceptors (Lipinski definition) is 4. The monoisotopic (exact) mass is 295 g/mol. The molecule has 0 heterocycles. The van der Waals surface area contributed by atoms with Gasteiger partial charge in [0.2, 0.25) is 10.0 Å². The Labute approximate surface area is 121 Å². The van der Waals surface area contributed by atoms with Crippen molar-refractivity contribution in [3.8, 4) is 6.07 Å². The lowest BCUT2D eigenvalue weighted by Crippen LogP contribution is -2.23. The van der Waals surface area contributed by atoms with Crippen molar-refractivity contribution in [2.24, 2.45) is 5.41 Å². The maximum atomic E-state index is 11.6. The number of nitrogens with one attached hydrogen (secondary N) is 2. The summed E-state index contributed by atoms with van der Waals surface area (Å²) in [5, 5.41) is 11.9. The summed E-state index contributed by atoms with van der Waals surface area (Å²) >= 11 is 0.